The summed E-state index contributed by atoms with van der Waals surface area (Å²) in [5, 5.41) is 3.49. The van der Waals surface area contributed by atoms with Crippen molar-refractivity contribution in [2.45, 2.75) is 32.9 Å². The Bertz CT molecular complexity index is 575. The molecule has 0 heterocycles. The molecule has 0 aliphatic heterocycles. The van der Waals surface area contributed by atoms with E-state index < -0.39 is 0 Å². The molecule has 0 amide bonds. The predicted octanol–water partition coefficient (Wildman–Crippen LogP) is 5.13. The van der Waals surface area contributed by atoms with Crippen molar-refractivity contribution in [3.8, 4) is 11.5 Å². The first kappa shape index (κ1) is 15.1. The predicted molar refractivity (Wildman–Crippen MR) is 87.3 cm³/mol. The summed E-state index contributed by atoms with van der Waals surface area (Å²) in [6.45, 7) is 7.25. The fourth-order valence-corrected chi connectivity index (χ4v) is 2.12. The molecule has 2 aromatic carbocycles. The van der Waals surface area contributed by atoms with E-state index >= 15 is 0 Å². The standard InChI is InChI=1S/C17H20BrNO/c1-17(2,3)19-12-13-8-4-6-10-15(13)20-16-11-7-5-9-14(16)18/h4-11,19H,12H2,1-3H3. The van der Waals surface area contributed by atoms with Gasteiger partial charge in [0.1, 0.15) is 11.5 Å². The maximum absolute atomic E-state index is 6.02. The van der Waals surface area contributed by atoms with Gasteiger partial charge in [0.25, 0.3) is 0 Å². The minimum atomic E-state index is 0.0838. The van der Waals surface area contributed by atoms with Gasteiger partial charge in [-0.1, -0.05) is 30.3 Å². The second-order valence-electron chi connectivity index (χ2n) is 5.74. The minimum absolute atomic E-state index is 0.0838. The van der Waals surface area contributed by atoms with Crippen LogP contribution in [0.4, 0.5) is 0 Å². The molecular formula is C17H20BrNO. The highest BCUT2D eigenvalue weighted by molar-refractivity contribution is 9.10. The molecule has 20 heavy (non-hydrogen) atoms. The molecule has 2 rings (SSSR count). The van der Waals surface area contributed by atoms with Crippen LogP contribution in [0.5, 0.6) is 11.5 Å². The molecule has 0 atom stereocenters. The maximum atomic E-state index is 6.02. The third-order valence-corrected chi connectivity index (χ3v) is 3.49. The molecule has 3 heteroatoms. The Morgan fingerprint density at radius 2 is 1.55 bits per heavy atom. The third kappa shape index (κ3) is 4.36. The van der Waals surface area contributed by atoms with Crippen molar-refractivity contribution in [1.29, 1.82) is 0 Å². The second-order valence-corrected chi connectivity index (χ2v) is 6.60. The SMILES string of the molecule is CC(C)(C)NCc1ccccc1Oc1ccccc1Br. The van der Waals surface area contributed by atoms with Crippen LogP contribution in [0.1, 0.15) is 26.3 Å². The van der Waals surface area contributed by atoms with E-state index in [1.807, 2.05) is 42.5 Å². The Morgan fingerprint density at radius 3 is 2.20 bits per heavy atom. The largest absolute Gasteiger partial charge is 0.456 e. The molecular weight excluding hydrogens is 314 g/mol. The molecule has 0 bridgehead atoms. The molecule has 0 aliphatic carbocycles. The summed E-state index contributed by atoms with van der Waals surface area (Å²) in [4.78, 5) is 0. The molecule has 0 saturated heterocycles. The monoisotopic (exact) mass is 333 g/mol. The summed E-state index contributed by atoms with van der Waals surface area (Å²) in [7, 11) is 0. The van der Waals surface area contributed by atoms with Crippen LogP contribution in [-0.2, 0) is 6.54 Å². The van der Waals surface area contributed by atoms with Gasteiger partial charge in [-0.2, -0.15) is 0 Å². The van der Waals surface area contributed by atoms with Crippen LogP contribution in [0.2, 0.25) is 0 Å². The zero-order chi connectivity index (χ0) is 14.6. The van der Waals surface area contributed by atoms with Crippen LogP contribution in [0.25, 0.3) is 0 Å². The molecule has 0 spiro atoms. The van der Waals surface area contributed by atoms with E-state index in [1.54, 1.807) is 0 Å². The first-order chi connectivity index (χ1) is 9.46. The lowest BCUT2D eigenvalue weighted by atomic mass is 10.1. The molecule has 0 aromatic heterocycles. The molecule has 0 radical (unpaired) electrons. The lowest BCUT2D eigenvalue weighted by Gasteiger charge is -2.21. The summed E-state index contributed by atoms with van der Waals surface area (Å²) in [5.41, 5.74) is 1.23. The average molecular weight is 334 g/mol. The van der Waals surface area contributed by atoms with Crippen molar-refractivity contribution in [3.63, 3.8) is 0 Å². The average Bonchev–Trinajstić information content (AvgIpc) is 2.39. The van der Waals surface area contributed by atoms with E-state index in [4.69, 9.17) is 4.74 Å². The maximum Gasteiger partial charge on any atom is 0.141 e. The van der Waals surface area contributed by atoms with Gasteiger partial charge in [-0.3, -0.25) is 0 Å². The van der Waals surface area contributed by atoms with Crippen molar-refractivity contribution in [2.75, 3.05) is 0 Å². The van der Waals surface area contributed by atoms with Gasteiger partial charge in [0.15, 0.2) is 0 Å². The molecule has 0 unspecified atom stereocenters. The van der Waals surface area contributed by atoms with E-state index in [0.717, 1.165) is 28.1 Å². The van der Waals surface area contributed by atoms with Crippen LogP contribution in [0.3, 0.4) is 0 Å². The molecule has 1 N–H and O–H groups in total. The zero-order valence-corrected chi connectivity index (χ0v) is 13.7. The number of para-hydroxylation sites is 2. The van der Waals surface area contributed by atoms with E-state index in [9.17, 15) is 0 Å². The first-order valence-corrected chi connectivity index (χ1v) is 7.50. The van der Waals surface area contributed by atoms with Crippen molar-refractivity contribution < 1.29 is 4.74 Å². The van der Waals surface area contributed by atoms with Gasteiger partial charge in [0.05, 0.1) is 4.47 Å². The number of nitrogens with one attached hydrogen (secondary N) is 1. The number of halogens is 1. The first-order valence-electron chi connectivity index (χ1n) is 6.71. The molecule has 2 nitrogen and oxygen atoms in total. The molecule has 0 fully saturated rings. The number of ether oxygens (including phenoxy) is 1. The van der Waals surface area contributed by atoms with Gasteiger partial charge >= 0.3 is 0 Å². The van der Waals surface area contributed by atoms with Gasteiger partial charge in [-0.25, -0.2) is 0 Å². The highest BCUT2D eigenvalue weighted by Crippen LogP contribution is 2.31. The Balaban J connectivity index is 2.18. The quantitative estimate of drug-likeness (QED) is 0.837. The van der Waals surface area contributed by atoms with Crippen molar-refractivity contribution in [2.24, 2.45) is 0 Å². The molecule has 0 aliphatic rings. The van der Waals surface area contributed by atoms with Gasteiger partial charge in [-0.15, -0.1) is 0 Å². The summed E-state index contributed by atoms with van der Waals surface area (Å²) < 4.78 is 6.98. The minimum Gasteiger partial charge on any atom is -0.456 e. The lowest BCUT2D eigenvalue weighted by Crippen LogP contribution is -2.35. The van der Waals surface area contributed by atoms with Crippen LogP contribution < -0.4 is 10.1 Å². The van der Waals surface area contributed by atoms with E-state index in [1.165, 1.54) is 0 Å². The normalized spacial score (nSPS) is 11.4. The van der Waals surface area contributed by atoms with Crippen molar-refractivity contribution in [1.82, 2.24) is 5.32 Å². The summed E-state index contributed by atoms with van der Waals surface area (Å²) >= 11 is 3.51. The molecule has 106 valence electrons. The Hall–Kier alpha value is -1.32. The number of benzene rings is 2. The summed E-state index contributed by atoms with van der Waals surface area (Å²) in [6, 6.07) is 16.0. The van der Waals surface area contributed by atoms with Gasteiger partial charge in [0.2, 0.25) is 0 Å². The second kappa shape index (κ2) is 6.42. The van der Waals surface area contributed by atoms with E-state index in [2.05, 4.69) is 48.1 Å². The Labute approximate surface area is 129 Å². The molecule has 2 aromatic rings. The highest BCUT2D eigenvalue weighted by Gasteiger charge is 2.11. The zero-order valence-electron chi connectivity index (χ0n) is 12.1. The Kier molecular flexibility index (Phi) is 4.84. The summed E-state index contributed by atoms with van der Waals surface area (Å²) in [6.07, 6.45) is 0. The van der Waals surface area contributed by atoms with Gasteiger partial charge in [0, 0.05) is 17.6 Å². The number of rotatable bonds is 4. The molecule has 0 saturated carbocycles. The third-order valence-electron chi connectivity index (χ3n) is 2.84. The summed E-state index contributed by atoms with van der Waals surface area (Å²) in [5.74, 6) is 1.71. The smallest absolute Gasteiger partial charge is 0.141 e. The fourth-order valence-electron chi connectivity index (χ4n) is 1.76. The van der Waals surface area contributed by atoms with Gasteiger partial charge < -0.3 is 10.1 Å². The lowest BCUT2D eigenvalue weighted by molar-refractivity contribution is 0.414. The number of hydrogen-bond donors (Lipinski definition) is 1. The van der Waals surface area contributed by atoms with Crippen molar-refractivity contribution in [3.05, 3.63) is 58.6 Å². The topological polar surface area (TPSA) is 21.3 Å². The van der Waals surface area contributed by atoms with Crippen LogP contribution in [0.15, 0.2) is 53.0 Å². The van der Waals surface area contributed by atoms with E-state index in [-0.39, 0.29) is 5.54 Å². The van der Waals surface area contributed by atoms with E-state index in [0.29, 0.717) is 0 Å². The van der Waals surface area contributed by atoms with Crippen LogP contribution in [0, 0.1) is 0 Å². The highest BCUT2D eigenvalue weighted by atomic mass is 79.9. The van der Waals surface area contributed by atoms with Crippen molar-refractivity contribution >= 4 is 15.9 Å². The number of hydrogen-bond acceptors (Lipinski definition) is 2. The Morgan fingerprint density at radius 1 is 0.950 bits per heavy atom. The fraction of sp³-hybridized carbons (Fsp3) is 0.294. The van der Waals surface area contributed by atoms with Crippen LogP contribution in [-0.4, -0.2) is 5.54 Å². The van der Waals surface area contributed by atoms with Gasteiger partial charge in [-0.05, 0) is 54.9 Å². The van der Waals surface area contributed by atoms with Crippen LogP contribution >= 0.6 is 15.9 Å².